The van der Waals surface area contributed by atoms with Crippen LogP contribution in [0.3, 0.4) is 0 Å². The van der Waals surface area contributed by atoms with E-state index < -0.39 is 23.8 Å². The molecule has 2 rings (SSSR count). The third kappa shape index (κ3) is 10.0. The number of carbonyl (C=O) groups excluding carboxylic acids is 3. The van der Waals surface area contributed by atoms with Gasteiger partial charge in [0.25, 0.3) is 0 Å². The van der Waals surface area contributed by atoms with Crippen LogP contribution in [0.4, 0.5) is 4.79 Å². The van der Waals surface area contributed by atoms with Gasteiger partial charge in [-0.2, -0.15) is 0 Å². The Bertz CT molecular complexity index is 937. The molecule has 7 nitrogen and oxygen atoms in total. The standard InChI is InChI=1S/C26H33N3O4/c1-26(2,3)33-25(32)29-22(18-20-13-9-6-10-14-20)24(31)28-21(15-16-23(30)27-4)17-19-11-7-5-8-12-19/h5-16,21-22H,17-18H2,1-4H3,(H,27,30)(H,28,31)(H,29,32)/b16-15+. The number of alkyl carbamates (subject to hydrolysis) is 1. The SMILES string of the molecule is CNC(=O)/C=C/C(Cc1ccccc1)NC(=O)C(Cc1ccccc1)NC(=O)OC(C)(C)C. The predicted molar refractivity (Wildman–Crippen MR) is 129 cm³/mol. The lowest BCUT2D eigenvalue weighted by Crippen LogP contribution is -2.51. The maximum absolute atomic E-state index is 13.2. The van der Waals surface area contributed by atoms with Crippen LogP contribution in [0.1, 0.15) is 31.9 Å². The summed E-state index contributed by atoms with van der Waals surface area (Å²) < 4.78 is 5.35. The van der Waals surface area contributed by atoms with Gasteiger partial charge in [0.2, 0.25) is 11.8 Å². The van der Waals surface area contributed by atoms with Crippen molar-refractivity contribution in [1.29, 1.82) is 0 Å². The minimum absolute atomic E-state index is 0.268. The summed E-state index contributed by atoms with van der Waals surface area (Å²) >= 11 is 0. The predicted octanol–water partition coefficient (Wildman–Crippen LogP) is 3.15. The molecule has 3 N–H and O–H groups in total. The summed E-state index contributed by atoms with van der Waals surface area (Å²) in [5.41, 5.74) is 1.21. The molecule has 0 aliphatic rings. The fourth-order valence-electron chi connectivity index (χ4n) is 3.11. The minimum atomic E-state index is -0.853. The monoisotopic (exact) mass is 451 g/mol. The van der Waals surface area contributed by atoms with Crippen molar-refractivity contribution in [3.05, 3.63) is 83.9 Å². The second kappa shape index (κ2) is 12.4. The first kappa shape index (κ1) is 25.6. The molecule has 0 saturated heterocycles. The first-order chi connectivity index (χ1) is 15.7. The third-order valence-corrected chi connectivity index (χ3v) is 4.64. The number of carbonyl (C=O) groups is 3. The Labute approximate surface area is 195 Å². The van der Waals surface area contributed by atoms with Crippen LogP contribution >= 0.6 is 0 Å². The van der Waals surface area contributed by atoms with Crippen LogP contribution in [-0.2, 0) is 27.2 Å². The fraction of sp³-hybridized carbons (Fsp3) is 0.346. The Balaban J connectivity index is 2.20. The summed E-state index contributed by atoms with van der Waals surface area (Å²) in [6.45, 7) is 5.29. The molecule has 2 aromatic carbocycles. The van der Waals surface area contributed by atoms with Gasteiger partial charge in [-0.3, -0.25) is 9.59 Å². The van der Waals surface area contributed by atoms with Gasteiger partial charge < -0.3 is 20.7 Å². The van der Waals surface area contributed by atoms with Gasteiger partial charge in [0.1, 0.15) is 11.6 Å². The molecule has 0 radical (unpaired) electrons. The van der Waals surface area contributed by atoms with Crippen molar-refractivity contribution in [2.24, 2.45) is 0 Å². The van der Waals surface area contributed by atoms with Crippen molar-refractivity contribution in [2.45, 2.75) is 51.3 Å². The molecule has 0 heterocycles. The summed E-state index contributed by atoms with van der Waals surface area (Å²) in [5, 5.41) is 8.18. The highest BCUT2D eigenvalue weighted by atomic mass is 16.6. The van der Waals surface area contributed by atoms with Gasteiger partial charge in [0.05, 0.1) is 6.04 Å². The summed E-state index contributed by atoms with van der Waals surface area (Å²) in [6, 6.07) is 17.8. The smallest absolute Gasteiger partial charge is 0.408 e. The quantitative estimate of drug-likeness (QED) is 0.510. The van der Waals surface area contributed by atoms with Crippen LogP contribution in [0, 0.1) is 0 Å². The van der Waals surface area contributed by atoms with Gasteiger partial charge in [-0.1, -0.05) is 66.7 Å². The average Bonchev–Trinajstić information content (AvgIpc) is 2.76. The average molecular weight is 452 g/mol. The number of hydrogen-bond donors (Lipinski definition) is 3. The van der Waals surface area contributed by atoms with E-state index in [4.69, 9.17) is 4.74 Å². The van der Waals surface area contributed by atoms with E-state index in [0.29, 0.717) is 12.8 Å². The molecule has 33 heavy (non-hydrogen) atoms. The summed E-state index contributed by atoms with van der Waals surface area (Å²) in [6.07, 6.45) is 3.16. The lowest BCUT2D eigenvalue weighted by atomic mass is 10.0. The molecule has 0 spiro atoms. The van der Waals surface area contributed by atoms with Crippen molar-refractivity contribution in [3.8, 4) is 0 Å². The van der Waals surface area contributed by atoms with Crippen LogP contribution in [0.15, 0.2) is 72.8 Å². The second-order valence-electron chi connectivity index (χ2n) is 8.67. The zero-order valence-electron chi connectivity index (χ0n) is 19.6. The number of hydrogen-bond acceptors (Lipinski definition) is 4. The Kier molecular flexibility index (Phi) is 9.66. The zero-order valence-corrected chi connectivity index (χ0v) is 19.6. The molecule has 0 aliphatic heterocycles. The molecular weight excluding hydrogens is 418 g/mol. The number of ether oxygens (including phenoxy) is 1. The first-order valence-corrected chi connectivity index (χ1v) is 10.9. The maximum atomic E-state index is 13.2. The molecule has 0 aromatic heterocycles. The highest BCUT2D eigenvalue weighted by molar-refractivity contribution is 5.88. The number of rotatable bonds is 9. The maximum Gasteiger partial charge on any atom is 0.408 e. The molecule has 2 aromatic rings. The fourth-order valence-corrected chi connectivity index (χ4v) is 3.11. The van der Waals surface area contributed by atoms with E-state index in [1.165, 1.54) is 13.1 Å². The van der Waals surface area contributed by atoms with Crippen LogP contribution in [0.5, 0.6) is 0 Å². The Hall–Kier alpha value is -3.61. The van der Waals surface area contributed by atoms with Gasteiger partial charge >= 0.3 is 6.09 Å². The third-order valence-electron chi connectivity index (χ3n) is 4.64. The topological polar surface area (TPSA) is 96.5 Å². The number of amides is 3. The largest absolute Gasteiger partial charge is 0.444 e. The van der Waals surface area contributed by atoms with E-state index in [9.17, 15) is 14.4 Å². The Morgan fingerprint density at radius 3 is 1.94 bits per heavy atom. The second-order valence-corrected chi connectivity index (χ2v) is 8.67. The van der Waals surface area contributed by atoms with Crippen molar-refractivity contribution >= 4 is 17.9 Å². The van der Waals surface area contributed by atoms with Gasteiger partial charge in [0, 0.05) is 19.5 Å². The van der Waals surface area contributed by atoms with E-state index in [-0.39, 0.29) is 11.8 Å². The number of benzene rings is 2. The van der Waals surface area contributed by atoms with Gasteiger partial charge in [-0.05, 0) is 38.3 Å². The van der Waals surface area contributed by atoms with Crippen LogP contribution in [0.2, 0.25) is 0 Å². The molecule has 176 valence electrons. The first-order valence-electron chi connectivity index (χ1n) is 10.9. The van der Waals surface area contributed by atoms with E-state index in [0.717, 1.165) is 11.1 Å². The van der Waals surface area contributed by atoms with Crippen LogP contribution < -0.4 is 16.0 Å². The summed E-state index contributed by atoms with van der Waals surface area (Å²) in [7, 11) is 1.54. The highest BCUT2D eigenvalue weighted by Gasteiger charge is 2.26. The lowest BCUT2D eigenvalue weighted by Gasteiger charge is -2.25. The minimum Gasteiger partial charge on any atom is -0.444 e. The normalized spacial score (nSPS) is 13.1. The molecule has 0 aliphatic carbocycles. The van der Waals surface area contributed by atoms with Crippen molar-refractivity contribution in [1.82, 2.24) is 16.0 Å². The van der Waals surface area contributed by atoms with Gasteiger partial charge in [-0.25, -0.2) is 4.79 Å². The molecule has 0 saturated carbocycles. The molecule has 0 fully saturated rings. The van der Waals surface area contributed by atoms with Crippen molar-refractivity contribution in [3.63, 3.8) is 0 Å². The Morgan fingerprint density at radius 1 is 0.879 bits per heavy atom. The van der Waals surface area contributed by atoms with Crippen molar-refractivity contribution in [2.75, 3.05) is 7.05 Å². The number of likely N-dealkylation sites (N-methyl/N-ethyl adjacent to an activating group) is 1. The van der Waals surface area contributed by atoms with Crippen LogP contribution in [0.25, 0.3) is 0 Å². The van der Waals surface area contributed by atoms with Gasteiger partial charge in [-0.15, -0.1) is 0 Å². The van der Waals surface area contributed by atoms with E-state index in [1.807, 2.05) is 60.7 Å². The van der Waals surface area contributed by atoms with E-state index in [1.54, 1.807) is 26.8 Å². The Morgan fingerprint density at radius 2 is 1.42 bits per heavy atom. The van der Waals surface area contributed by atoms with Crippen LogP contribution in [-0.4, -0.2) is 42.6 Å². The summed E-state index contributed by atoms with van der Waals surface area (Å²) in [4.78, 5) is 37.4. The number of nitrogens with one attached hydrogen (secondary N) is 3. The molecule has 0 bridgehead atoms. The lowest BCUT2D eigenvalue weighted by molar-refractivity contribution is -0.123. The zero-order chi connectivity index (χ0) is 24.3. The molecular formula is C26H33N3O4. The molecule has 2 atom stereocenters. The van der Waals surface area contributed by atoms with E-state index >= 15 is 0 Å². The highest BCUT2D eigenvalue weighted by Crippen LogP contribution is 2.10. The van der Waals surface area contributed by atoms with Gasteiger partial charge in [0.15, 0.2) is 0 Å². The van der Waals surface area contributed by atoms with Crippen molar-refractivity contribution < 1.29 is 19.1 Å². The molecule has 7 heteroatoms. The van der Waals surface area contributed by atoms with E-state index in [2.05, 4.69) is 16.0 Å². The summed E-state index contributed by atoms with van der Waals surface area (Å²) in [5.74, 6) is -0.637. The molecule has 3 amide bonds. The molecule has 2 unspecified atom stereocenters.